The summed E-state index contributed by atoms with van der Waals surface area (Å²) in [5, 5.41) is 0. The highest BCUT2D eigenvalue weighted by atomic mass is 16.6. The molecule has 0 amide bonds. The standard InChI is InChI=1S/C18H24O2/c1-3-5-6-7-10-13-18(4-2)14-15-11-8-9-12-16(15)17(19)20-18/h4,8-9,11-12H,2-3,5-7,10,13-14H2,1H3. The van der Waals surface area contributed by atoms with Crippen LogP contribution in [-0.2, 0) is 11.2 Å². The average molecular weight is 272 g/mol. The molecule has 0 fully saturated rings. The van der Waals surface area contributed by atoms with Crippen molar-refractivity contribution < 1.29 is 9.53 Å². The number of unbranched alkanes of at least 4 members (excludes halogenated alkanes) is 4. The molecule has 1 atom stereocenters. The molecule has 2 nitrogen and oxygen atoms in total. The third kappa shape index (κ3) is 3.30. The van der Waals surface area contributed by atoms with Gasteiger partial charge in [0.25, 0.3) is 0 Å². The van der Waals surface area contributed by atoms with E-state index in [1.807, 2.05) is 30.3 Å². The largest absolute Gasteiger partial charge is 0.451 e. The molecule has 0 N–H and O–H groups in total. The Balaban J connectivity index is 2.02. The second-order valence-electron chi connectivity index (χ2n) is 5.66. The fraction of sp³-hybridized carbons (Fsp3) is 0.500. The Morgan fingerprint density at radius 2 is 2.00 bits per heavy atom. The zero-order valence-corrected chi connectivity index (χ0v) is 12.4. The molecule has 0 aromatic heterocycles. The van der Waals surface area contributed by atoms with Crippen molar-refractivity contribution in [3.8, 4) is 0 Å². The van der Waals surface area contributed by atoms with Crippen LogP contribution >= 0.6 is 0 Å². The maximum absolute atomic E-state index is 12.1. The van der Waals surface area contributed by atoms with Crippen LogP contribution in [0.15, 0.2) is 36.9 Å². The van der Waals surface area contributed by atoms with Crippen molar-refractivity contribution in [1.82, 2.24) is 0 Å². The number of carbonyl (C=O) groups excluding carboxylic acids is 1. The Morgan fingerprint density at radius 3 is 2.75 bits per heavy atom. The summed E-state index contributed by atoms with van der Waals surface area (Å²) < 4.78 is 5.70. The summed E-state index contributed by atoms with van der Waals surface area (Å²) in [7, 11) is 0. The van der Waals surface area contributed by atoms with Gasteiger partial charge in [-0.1, -0.05) is 57.4 Å². The predicted molar refractivity (Wildman–Crippen MR) is 81.9 cm³/mol. The SMILES string of the molecule is C=CC1(CCCCCCC)Cc2ccccc2C(=O)O1. The highest BCUT2D eigenvalue weighted by Gasteiger charge is 2.37. The van der Waals surface area contributed by atoms with Gasteiger partial charge in [0, 0.05) is 6.42 Å². The molecule has 1 aromatic rings. The fourth-order valence-electron chi connectivity index (χ4n) is 2.85. The maximum atomic E-state index is 12.1. The van der Waals surface area contributed by atoms with Gasteiger partial charge in [0.15, 0.2) is 0 Å². The van der Waals surface area contributed by atoms with Crippen molar-refractivity contribution in [3.63, 3.8) is 0 Å². The number of ether oxygens (including phenoxy) is 1. The Hall–Kier alpha value is -1.57. The fourth-order valence-corrected chi connectivity index (χ4v) is 2.85. The van der Waals surface area contributed by atoms with Crippen LogP contribution in [0.25, 0.3) is 0 Å². The molecule has 2 rings (SSSR count). The summed E-state index contributed by atoms with van der Waals surface area (Å²) in [6, 6.07) is 7.72. The van der Waals surface area contributed by atoms with Crippen molar-refractivity contribution in [2.24, 2.45) is 0 Å². The van der Waals surface area contributed by atoms with Crippen molar-refractivity contribution >= 4 is 5.97 Å². The van der Waals surface area contributed by atoms with E-state index in [-0.39, 0.29) is 5.97 Å². The molecule has 1 heterocycles. The van der Waals surface area contributed by atoms with Gasteiger partial charge < -0.3 is 4.74 Å². The van der Waals surface area contributed by atoms with Crippen LogP contribution in [-0.4, -0.2) is 11.6 Å². The van der Waals surface area contributed by atoms with Crippen LogP contribution in [0.3, 0.4) is 0 Å². The lowest BCUT2D eigenvalue weighted by molar-refractivity contribution is -0.00608. The van der Waals surface area contributed by atoms with Gasteiger partial charge in [-0.25, -0.2) is 4.79 Å². The summed E-state index contributed by atoms with van der Waals surface area (Å²) in [6.07, 6.45) is 9.52. The Kier molecular flexibility index (Phi) is 4.99. The van der Waals surface area contributed by atoms with Crippen molar-refractivity contribution in [2.75, 3.05) is 0 Å². The summed E-state index contributed by atoms with van der Waals surface area (Å²) in [6.45, 7) is 6.12. The number of cyclic esters (lactones) is 1. The quantitative estimate of drug-likeness (QED) is 0.409. The normalized spacial score (nSPS) is 21.1. The summed E-state index contributed by atoms with van der Waals surface area (Å²) in [5.74, 6) is -0.208. The molecule has 1 aliphatic rings. The minimum atomic E-state index is -0.502. The summed E-state index contributed by atoms with van der Waals surface area (Å²) >= 11 is 0. The number of carbonyl (C=O) groups is 1. The van der Waals surface area contributed by atoms with Crippen LogP contribution in [0.4, 0.5) is 0 Å². The molecular formula is C18H24O2. The smallest absolute Gasteiger partial charge is 0.339 e. The van der Waals surface area contributed by atoms with Gasteiger partial charge in [0.1, 0.15) is 5.60 Å². The van der Waals surface area contributed by atoms with Gasteiger partial charge in [0.2, 0.25) is 0 Å². The molecule has 0 spiro atoms. The third-order valence-corrected chi connectivity index (χ3v) is 4.10. The van der Waals surface area contributed by atoms with Gasteiger partial charge in [-0.2, -0.15) is 0 Å². The summed E-state index contributed by atoms with van der Waals surface area (Å²) in [5.41, 5.74) is 1.28. The molecule has 1 unspecified atom stereocenters. The Labute approximate surface area is 121 Å². The lowest BCUT2D eigenvalue weighted by Crippen LogP contribution is -2.39. The van der Waals surface area contributed by atoms with E-state index in [1.165, 1.54) is 25.7 Å². The van der Waals surface area contributed by atoms with Gasteiger partial charge in [-0.15, -0.1) is 0 Å². The van der Waals surface area contributed by atoms with Gasteiger partial charge in [0.05, 0.1) is 5.56 Å². The van der Waals surface area contributed by atoms with Crippen LogP contribution in [0.1, 0.15) is 61.4 Å². The number of rotatable bonds is 7. The molecule has 0 aliphatic carbocycles. The minimum absolute atomic E-state index is 0.208. The van der Waals surface area contributed by atoms with E-state index in [0.717, 1.165) is 24.8 Å². The second kappa shape index (κ2) is 6.74. The molecule has 1 aliphatic heterocycles. The summed E-state index contributed by atoms with van der Waals surface area (Å²) in [4.78, 5) is 12.1. The van der Waals surface area contributed by atoms with Crippen LogP contribution in [0.5, 0.6) is 0 Å². The molecule has 0 bridgehead atoms. The zero-order chi connectivity index (χ0) is 14.4. The first kappa shape index (κ1) is 14.8. The highest BCUT2D eigenvalue weighted by molar-refractivity contribution is 5.92. The molecule has 0 radical (unpaired) electrons. The van der Waals surface area contributed by atoms with E-state index >= 15 is 0 Å². The van der Waals surface area contributed by atoms with Gasteiger partial charge >= 0.3 is 5.97 Å². The van der Waals surface area contributed by atoms with Crippen LogP contribution < -0.4 is 0 Å². The maximum Gasteiger partial charge on any atom is 0.339 e. The molecular weight excluding hydrogens is 248 g/mol. The average Bonchev–Trinajstić information content (AvgIpc) is 2.47. The van der Waals surface area contributed by atoms with Gasteiger partial charge in [-0.05, 0) is 30.5 Å². The molecule has 108 valence electrons. The second-order valence-corrected chi connectivity index (χ2v) is 5.66. The zero-order valence-electron chi connectivity index (χ0n) is 12.4. The molecule has 0 saturated carbocycles. The Bertz CT molecular complexity index is 478. The molecule has 20 heavy (non-hydrogen) atoms. The highest BCUT2D eigenvalue weighted by Crippen LogP contribution is 2.33. The first-order chi connectivity index (χ1) is 9.71. The van der Waals surface area contributed by atoms with Crippen molar-refractivity contribution in [2.45, 2.75) is 57.5 Å². The Morgan fingerprint density at radius 1 is 1.25 bits per heavy atom. The topological polar surface area (TPSA) is 26.3 Å². The number of hydrogen-bond donors (Lipinski definition) is 0. The number of esters is 1. The lowest BCUT2D eigenvalue weighted by atomic mass is 9.84. The third-order valence-electron chi connectivity index (χ3n) is 4.10. The first-order valence-corrected chi connectivity index (χ1v) is 7.65. The van der Waals surface area contributed by atoms with E-state index < -0.39 is 5.60 Å². The monoisotopic (exact) mass is 272 g/mol. The van der Waals surface area contributed by atoms with E-state index in [0.29, 0.717) is 5.56 Å². The molecule has 0 saturated heterocycles. The van der Waals surface area contributed by atoms with Gasteiger partial charge in [-0.3, -0.25) is 0 Å². The lowest BCUT2D eigenvalue weighted by Gasteiger charge is -2.35. The first-order valence-electron chi connectivity index (χ1n) is 7.65. The predicted octanol–water partition coefficient (Wildman–Crippen LogP) is 4.68. The van der Waals surface area contributed by atoms with E-state index in [2.05, 4.69) is 13.5 Å². The number of hydrogen-bond acceptors (Lipinski definition) is 2. The van der Waals surface area contributed by atoms with Crippen molar-refractivity contribution in [1.29, 1.82) is 0 Å². The number of benzene rings is 1. The minimum Gasteiger partial charge on any atom is -0.451 e. The van der Waals surface area contributed by atoms with Crippen LogP contribution in [0, 0.1) is 0 Å². The van der Waals surface area contributed by atoms with E-state index in [1.54, 1.807) is 0 Å². The molecule has 2 heteroatoms. The molecule has 1 aromatic carbocycles. The van der Waals surface area contributed by atoms with Crippen molar-refractivity contribution in [3.05, 3.63) is 48.0 Å². The van der Waals surface area contributed by atoms with E-state index in [4.69, 9.17) is 4.74 Å². The van der Waals surface area contributed by atoms with Crippen LogP contribution in [0.2, 0.25) is 0 Å². The number of fused-ring (bicyclic) bond motifs is 1. The van der Waals surface area contributed by atoms with E-state index in [9.17, 15) is 4.79 Å².